The number of imidazole rings is 1. The van der Waals surface area contributed by atoms with Gasteiger partial charge in [-0.2, -0.15) is 8.78 Å². The molecule has 1 fully saturated rings. The second-order valence-corrected chi connectivity index (χ2v) is 9.13. The Morgan fingerprint density at radius 1 is 1.22 bits per heavy atom. The summed E-state index contributed by atoms with van der Waals surface area (Å²) in [6.45, 7) is 2.27. The number of hydrogen-bond acceptors (Lipinski definition) is 6. The Morgan fingerprint density at radius 3 is 2.81 bits per heavy atom. The number of pyridine rings is 1. The minimum absolute atomic E-state index is 0.0895. The number of benzene rings is 1. The Kier molecular flexibility index (Phi) is 6.51. The lowest BCUT2D eigenvalue weighted by Crippen LogP contribution is -2.15. The fourth-order valence-corrected chi connectivity index (χ4v) is 4.51. The number of anilines is 1. The third kappa shape index (κ3) is 5.13. The number of hydrogen-bond donors (Lipinski definition) is 1. The zero-order chi connectivity index (χ0) is 25.2. The normalized spacial score (nSPS) is 13.4. The molecule has 1 N–H and O–H groups in total. The minimum Gasteiger partial charge on any atom is -0.458 e. The van der Waals surface area contributed by atoms with Crippen molar-refractivity contribution in [2.75, 3.05) is 5.32 Å². The second-order valence-electron chi connectivity index (χ2n) is 8.27. The van der Waals surface area contributed by atoms with Gasteiger partial charge in [0, 0.05) is 23.1 Å². The fourth-order valence-electron chi connectivity index (χ4n) is 3.73. The van der Waals surface area contributed by atoms with Gasteiger partial charge in [0.1, 0.15) is 11.3 Å². The molecule has 0 unspecified atom stereocenters. The maximum atomic E-state index is 13.3. The number of nitrogens with zero attached hydrogens (tertiary/aromatic N) is 3. The Labute approximate surface area is 209 Å². The van der Waals surface area contributed by atoms with Crippen molar-refractivity contribution in [3.63, 3.8) is 0 Å². The van der Waals surface area contributed by atoms with Gasteiger partial charge >= 0.3 is 6.61 Å². The van der Waals surface area contributed by atoms with E-state index in [0.717, 1.165) is 18.5 Å². The standard InChI is InChI=1S/C26H22F2N4O3S/c1-15(2)34-23-17(6-5-7-20(23)35-25(27)28)11-12-18-22(32-13-4-3-8-21(32)29-18)24(33)31-26-30-19(14-36-26)16-9-10-16/h3-8,11-14,16,25H,1,9-10H2,2H3,(H,30,31,33). The molecule has 0 atom stereocenters. The maximum absolute atomic E-state index is 13.3. The molecule has 3 aromatic heterocycles. The number of ether oxygens (including phenoxy) is 2. The molecule has 0 spiro atoms. The van der Waals surface area contributed by atoms with Crippen molar-refractivity contribution < 1.29 is 23.0 Å². The number of carbonyl (C=O) groups is 1. The quantitative estimate of drug-likeness (QED) is 0.258. The van der Waals surface area contributed by atoms with Gasteiger partial charge in [-0.1, -0.05) is 24.8 Å². The van der Waals surface area contributed by atoms with Crippen LogP contribution in [0.25, 0.3) is 17.8 Å². The van der Waals surface area contributed by atoms with E-state index in [1.165, 1.54) is 17.4 Å². The third-order valence-corrected chi connectivity index (χ3v) is 6.21. The van der Waals surface area contributed by atoms with Crippen LogP contribution in [-0.4, -0.2) is 26.9 Å². The van der Waals surface area contributed by atoms with Gasteiger partial charge in [0.15, 0.2) is 16.6 Å². The van der Waals surface area contributed by atoms with E-state index < -0.39 is 6.61 Å². The minimum atomic E-state index is -3.02. The van der Waals surface area contributed by atoms with Crippen LogP contribution in [0.1, 0.15) is 53.1 Å². The predicted molar refractivity (Wildman–Crippen MR) is 135 cm³/mol. The summed E-state index contributed by atoms with van der Waals surface area (Å²) in [5.74, 6) is 0.390. The van der Waals surface area contributed by atoms with Crippen LogP contribution >= 0.6 is 11.3 Å². The molecule has 36 heavy (non-hydrogen) atoms. The van der Waals surface area contributed by atoms with Crippen LogP contribution in [-0.2, 0) is 0 Å². The summed E-state index contributed by atoms with van der Waals surface area (Å²) in [6.07, 6.45) is 7.26. The van der Waals surface area contributed by atoms with Crippen LogP contribution in [0.5, 0.6) is 11.5 Å². The number of alkyl halides is 2. The van der Waals surface area contributed by atoms with Crippen molar-refractivity contribution in [2.24, 2.45) is 0 Å². The average Bonchev–Trinajstić information content (AvgIpc) is 3.46. The first-order valence-corrected chi connectivity index (χ1v) is 12.1. The Bertz CT molecular complexity index is 1470. The Hall–Kier alpha value is -4.05. The first-order chi connectivity index (χ1) is 17.4. The van der Waals surface area contributed by atoms with E-state index in [2.05, 4.69) is 26.6 Å². The molecule has 1 aromatic carbocycles. The number of rotatable bonds is 9. The second kappa shape index (κ2) is 9.90. The highest BCUT2D eigenvalue weighted by Crippen LogP contribution is 2.41. The van der Waals surface area contributed by atoms with Crippen LogP contribution in [0, 0.1) is 0 Å². The topological polar surface area (TPSA) is 77.8 Å². The highest BCUT2D eigenvalue weighted by atomic mass is 32.1. The molecule has 0 saturated heterocycles. The highest BCUT2D eigenvalue weighted by molar-refractivity contribution is 7.14. The summed E-state index contributed by atoms with van der Waals surface area (Å²) in [5, 5.41) is 5.38. The fraction of sp³-hybridized carbons (Fsp3) is 0.192. The van der Waals surface area contributed by atoms with E-state index in [-0.39, 0.29) is 17.4 Å². The molecule has 1 aliphatic carbocycles. The molecule has 0 radical (unpaired) electrons. The summed E-state index contributed by atoms with van der Waals surface area (Å²) in [6, 6.07) is 10.0. The van der Waals surface area contributed by atoms with E-state index in [9.17, 15) is 13.6 Å². The van der Waals surface area contributed by atoms with Gasteiger partial charge in [0.2, 0.25) is 0 Å². The molecule has 0 bridgehead atoms. The molecule has 3 heterocycles. The lowest BCUT2D eigenvalue weighted by Gasteiger charge is -2.14. The molecule has 7 nitrogen and oxygen atoms in total. The first kappa shape index (κ1) is 23.7. The molecule has 5 rings (SSSR count). The number of halogens is 2. The van der Waals surface area contributed by atoms with Crippen LogP contribution in [0.3, 0.4) is 0 Å². The smallest absolute Gasteiger partial charge is 0.387 e. The SMILES string of the molecule is C=C(C)Oc1c(C=Cc2nc3ccccn3c2C(=O)Nc2nc(C3CC3)cs2)cccc1OC(F)F. The Balaban J connectivity index is 1.50. The molecule has 184 valence electrons. The number of aromatic nitrogens is 3. The van der Waals surface area contributed by atoms with E-state index in [0.29, 0.717) is 39.4 Å². The van der Waals surface area contributed by atoms with E-state index >= 15 is 0 Å². The molecule has 1 amide bonds. The van der Waals surface area contributed by atoms with Crippen molar-refractivity contribution in [1.29, 1.82) is 0 Å². The summed E-state index contributed by atoms with van der Waals surface area (Å²) < 4.78 is 37.8. The zero-order valence-electron chi connectivity index (χ0n) is 19.3. The van der Waals surface area contributed by atoms with Crippen molar-refractivity contribution in [1.82, 2.24) is 14.4 Å². The number of para-hydroxylation sites is 1. The summed E-state index contributed by atoms with van der Waals surface area (Å²) in [4.78, 5) is 22.4. The summed E-state index contributed by atoms with van der Waals surface area (Å²) in [7, 11) is 0. The van der Waals surface area contributed by atoms with Gasteiger partial charge in [-0.05, 0) is 50.1 Å². The average molecular weight is 509 g/mol. The molecule has 4 aromatic rings. The molecular formula is C26H22F2N4O3S. The predicted octanol–water partition coefficient (Wildman–Crippen LogP) is 6.60. The lowest BCUT2D eigenvalue weighted by molar-refractivity contribution is -0.0511. The third-order valence-electron chi connectivity index (χ3n) is 5.43. The van der Waals surface area contributed by atoms with Gasteiger partial charge in [0.05, 0.1) is 17.1 Å². The van der Waals surface area contributed by atoms with Crippen LogP contribution < -0.4 is 14.8 Å². The van der Waals surface area contributed by atoms with Crippen molar-refractivity contribution in [3.8, 4) is 11.5 Å². The number of amides is 1. The van der Waals surface area contributed by atoms with Gasteiger partial charge in [0.25, 0.3) is 5.91 Å². The molecule has 0 aliphatic heterocycles. The summed E-state index contributed by atoms with van der Waals surface area (Å²) in [5.41, 5.74) is 2.73. The van der Waals surface area contributed by atoms with Gasteiger partial charge in [-0.15, -0.1) is 11.3 Å². The van der Waals surface area contributed by atoms with Gasteiger partial charge in [-0.3, -0.25) is 14.5 Å². The lowest BCUT2D eigenvalue weighted by atomic mass is 10.1. The first-order valence-electron chi connectivity index (χ1n) is 11.2. The molecule has 10 heteroatoms. The largest absolute Gasteiger partial charge is 0.458 e. The highest BCUT2D eigenvalue weighted by Gasteiger charge is 2.27. The van der Waals surface area contributed by atoms with Gasteiger partial charge in [-0.25, -0.2) is 9.97 Å². The van der Waals surface area contributed by atoms with Gasteiger partial charge < -0.3 is 9.47 Å². The number of thiazole rings is 1. The van der Waals surface area contributed by atoms with Crippen molar-refractivity contribution in [3.05, 3.63) is 83.0 Å². The summed E-state index contributed by atoms with van der Waals surface area (Å²) >= 11 is 1.39. The number of allylic oxidation sites excluding steroid dienone is 1. The van der Waals surface area contributed by atoms with E-state index in [1.807, 2.05) is 11.4 Å². The Morgan fingerprint density at radius 2 is 2.06 bits per heavy atom. The monoisotopic (exact) mass is 508 g/mol. The molecular weight excluding hydrogens is 486 g/mol. The van der Waals surface area contributed by atoms with Crippen LogP contribution in [0.4, 0.5) is 13.9 Å². The van der Waals surface area contributed by atoms with Crippen molar-refractivity contribution >= 4 is 40.2 Å². The van der Waals surface area contributed by atoms with E-state index in [1.54, 1.807) is 53.9 Å². The number of carbonyl (C=O) groups excluding carboxylic acids is 1. The van der Waals surface area contributed by atoms with Crippen molar-refractivity contribution in [2.45, 2.75) is 32.3 Å². The number of fused-ring (bicyclic) bond motifs is 1. The van der Waals surface area contributed by atoms with E-state index in [4.69, 9.17) is 4.74 Å². The molecule has 1 saturated carbocycles. The maximum Gasteiger partial charge on any atom is 0.387 e. The number of nitrogens with one attached hydrogen (secondary N) is 1. The molecule has 1 aliphatic rings. The van der Waals surface area contributed by atoms with Crippen LogP contribution in [0.2, 0.25) is 0 Å². The zero-order valence-corrected chi connectivity index (χ0v) is 20.1. The van der Waals surface area contributed by atoms with Crippen LogP contribution in [0.15, 0.2) is 60.3 Å².